The van der Waals surface area contributed by atoms with Crippen LogP contribution in [0.25, 0.3) is 0 Å². The van der Waals surface area contributed by atoms with Gasteiger partial charge in [0, 0.05) is 16.3 Å². The van der Waals surface area contributed by atoms with Gasteiger partial charge in [-0.2, -0.15) is 0 Å². The number of hydrogen-bond donors (Lipinski definition) is 1. The lowest BCUT2D eigenvalue weighted by Gasteiger charge is -2.07. The van der Waals surface area contributed by atoms with E-state index in [1.165, 1.54) is 41.2 Å². The summed E-state index contributed by atoms with van der Waals surface area (Å²) >= 11 is 8.32. The van der Waals surface area contributed by atoms with Crippen molar-refractivity contribution in [2.45, 2.75) is 52.4 Å². The number of furan rings is 1. The van der Waals surface area contributed by atoms with Crippen molar-refractivity contribution in [3.05, 3.63) is 44.2 Å². The first-order chi connectivity index (χ1) is 10.6. The van der Waals surface area contributed by atoms with Gasteiger partial charge >= 0.3 is 0 Å². The molecule has 0 amide bonds. The summed E-state index contributed by atoms with van der Waals surface area (Å²) in [5.41, 5.74) is 2.30. The minimum Gasteiger partial charge on any atom is -0.444 e. The van der Waals surface area contributed by atoms with Crippen LogP contribution in [0.3, 0.4) is 0 Å². The van der Waals surface area contributed by atoms with Crippen LogP contribution in [0.4, 0.5) is 11.6 Å². The SMILES string of the molecule is CCCCCCCc1c(Nc2ccc(Cl)cc2)oc(C)c1I. The van der Waals surface area contributed by atoms with Gasteiger partial charge in [0.2, 0.25) is 5.88 Å². The Morgan fingerprint density at radius 1 is 1.09 bits per heavy atom. The quantitative estimate of drug-likeness (QED) is 0.356. The molecule has 2 nitrogen and oxygen atoms in total. The molecule has 1 aromatic carbocycles. The van der Waals surface area contributed by atoms with Crippen LogP contribution in [0.2, 0.25) is 5.02 Å². The monoisotopic (exact) mass is 431 g/mol. The molecule has 0 aliphatic heterocycles. The summed E-state index contributed by atoms with van der Waals surface area (Å²) in [6.45, 7) is 4.27. The number of aryl methyl sites for hydroxylation is 1. The first-order valence-corrected chi connectivity index (χ1v) is 9.37. The van der Waals surface area contributed by atoms with Crippen molar-refractivity contribution in [1.29, 1.82) is 0 Å². The lowest BCUT2D eigenvalue weighted by molar-refractivity contribution is 0.546. The number of halogens is 2. The lowest BCUT2D eigenvalue weighted by Crippen LogP contribution is -1.95. The highest BCUT2D eigenvalue weighted by molar-refractivity contribution is 14.1. The maximum absolute atomic E-state index is 5.93. The van der Waals surface area contributed by atoms with Crippen molar-refractivity contribution in [2.24, 2.45) is 0 Å². The van der Waals surface area contributed by atoms with Crippen molar-refractivity contribution in [3.8, 4) is 0 Å². The standard InChI is InChI=1S/C18H23ClINO/c1-3-4-5-6-7-8-16-17(20)13(2)22-18(16)21-15-11-9-14(19)10-12-15/h9-12,21H,3-8H2,1-2H3. The largest absolute Gasteiger partial charge is 0.444 e. The van der Waals surface area contributed by atoms with Gasteiger partial charge in [-0.15, -0.1) is 0 Å². The van der Waals surface area contributed by atoms with Crippen LogP contribution in [-0.4, -0.2) is 0 Å². The predicted octanol–water partition coefficient (Wildman–Crippen LogP) is 7.10. The van der Waals surface area contributed by atoms with Crippen LogP contribution < -0.4 is 5.32 Å². The number of unbranched alkanes of at least 4 members (excludes halogenated alkanes) is 4. The zero-order valence-corrected chi connectivity index (χ0v) is 16.1. The summed E-state index contributed by atoms with van der Waals surface area (Å²) in [7, 11) is 0. The van der Waals surface area contributed by atoms with E-state index in [1.54, 1.807) is 0 Å². The Labute approximate surface area is 151 Å². The van der Waals surface area contributed by atoms with Crippen LogP contribution in [0.15, 0.2) is 28.7 Å². The first kappa shape index (κ1) is 17.7. The fourth-order valence-corrected chi connectivity index (χ4v) is 3.22. The Balaban J connectivity index is 2.04. The van der Waals surface area contributed by atoms with E-state index in [0.29, 0.717) is 0 Å². The molecule has 22 heavy (non-hydrogen) atoms. The maximum atomic E-state index is 5.93. The third-order valence-electron chi connectivity index (χ3n) is 3.74. The van der Waals surface area contributed by atoms with Crippen molar-refractivity contribution in [1.82, 2.24) is 0 Å². The van der Waals surface area contributed by atoms with Gasteiger partial charge in [0.05, 0.1) is 3.57 Å². The summed E-state index contributed by atoms with van der Waals surface area (Å²) in [5.74, 6) is 1.86. The second kappa shape index (κ2) is 8.82. The molecular formula is C18H23ClINO. The molecule has 0 aliphatic rings. The highest BCUT2D eigenvalue weighted by atomic mass is 127. The Kier molecular flexibility index (Phi) is 7.09. The van der Waals surface area contributed by atoms with E-state index < -0.39 is 0 Å². The Hall–Kier alpha value is -0.680. The molecular weight excluding hydrogens is 409 g/mol. The van der Waals surface area contributed by atoms with Gasteiger partial charge < -0.3 is 9.73 Å². The molecule has 0 unspecified atom stereocenters. The third kappa shape index (κ3) is 4.92. The van der Waals surface area contributed by atoms with E-state index in [2.05, 4.69) is 34.8 Å². The Morgan fingerprint density at radius 2 is 1.77 bits per heavy atom. The smallest absolute Gasteiger partial charge is 0.201 e. The molecule has 4 heteroatoms. The van der Waals surface area contributed by atoms with E-state index in [1.807, 2.05) is 31.2 Å². The van der Waals surface area contributed by atoms with Gasteiger partial charge in [-0.1, -0.05) is 44.2 Å². The van der Waals surface area contributed by atoms with E-state index in [0.717, 1.165) is 28.8 Å². The number of benzene rings is 1. The fraction of sp³-hybridized carbons (Fsp3) is 0.444. The lowest BCUT2D eigenvalue weighted by atomic mass is 10.1. The Morgan fingerprint density at radius 3 is 2.45 bits per heavy atom. The molecule has 2 rings (SSSR count). The van der Waals surface area contributed by atoms with Gasteiger partial charge in [-0.3, -0.25) is 0 Å². The van der Waals surface area contributed by atoms with Gasteiger partial charge in [0.15, 0.2) is 0 Å². The minimum absolute atomic E-state index is 0.743. The molecule has 2 aromatic rings. The van der Waals surface area contributed by atoms with Crippen molar-refractivity contribution < 1.29 is 4.42 Å². The first-order valence-electron chi connectivity index (χ1n) is 7.92. The molecule has 0 atom stereocenters. The molecule has 0 radical (unpaired) electrons. The number of rotatable bonds is 8. The molecule has 0 spiro atoms. The van der Waals surface area contributed by atoms with Gasteiger partial charge in [-0.25, -0.2) is 0 Å². The maximum Gasteiger partial charge on any atom is 0.201 e. The van der Waals surface area contributed by atoms with Gasteiger partial charge in [-0.05, 0) is 66.6 Å². The van der Waals surface area contributed by atoms with Crippen LogP contribution in [-0.2, 0) is 6.42 Å². The topological polar surface area (TPSA) is 25.2 Å². The normalized spacial score (nSPS) is 10.9. The molecule has 1 heterocycles. The van der Waals surface area contributed by atoms with Crippen molar-refractivity contribution >= 4 is 45.8 Å². The number of hydrogen-bond acceptors (Lipinski definition) is 2. The third-order valence-corrected chi connectivity index (χ3v) is 5.40. The van der Waals surface area contributed by atoms with E-state index in [4.69, 9.17) is 16.0 Å². The summed E-state index contributed by atoms with van der Waals surface area (Å²) in [6.07, 6.45) is 7.50. The molecule has 0 aliphatic carbocycles. The van der Waals surface area contributed by atoms with E-state index in [-0.39, 0.29) is 0 Å². The van der Waals surface area contributed by atoms with Crippen molar-refractivity contribution in [2.75, 3.05) is 5.32 Å². The molecule has 1 aromatic heterocycles. The average Bonchev–Trinajstić information content (AvgIpc) is 2.77. The van der Waals surface area contributed by atoms with Crippen LogP contribution >= 0.6 is 34.2 Å². The molecule has 120 valence electrons. The van der Waals surface area contributed by atoms with Crippen LogP contribution in [0.1, 0.15) is 50.4 Å². The molecule has 0 saturated heterocycles. The predicted molar refractivity (Wildman–Crippen MR) is 103 cm³/mol. The van der Waals surface area contributed by atoms with E-state index >= 15 is 0 Å². The second-order valence-corrected chi connectivity index (χ2v) is 7.09. The molecule has 0 bridgehead atoms. The summed E-state index contributed by atoms with van der Waals surface area (Å²) in [6, 6.07) is 7.71. The average molecular weight is 432 g/mol. The minimum atomic E-state index is 0.743. The second-order valence-electron chi connectivity index (χ2n) is 5.58. The highest BCUT2D eigenvalue weighted by Crippen LogP contribution is 2.32. The van der Waals surface area contributed by atoms with Crippen molar-refractivity contribution in [3.63, 3.8) is 0 Å². The van der Waals surface area contributed by atoms with Crippen LogP contribution in [0, 0.1) is 10.5 Å². The van der Waals surface area contributed by atoms with Crippen LogP contribution in [0.5, 0.6) is 0 Å². The summed E-state index contributed by atoms with van der Waals surface area (Å²) in [5, 5.41) is 4.13. The number of anilines is 2. The fourth-order valence-electron chi connectivity index (χ4n) is 2.47. The molecule has 0 saturated carbocycles. The number of nitrogens with one attached hydrogen (secondary N) is 1. The summed E-state index contributed by atoms with van der Waals surface area (Å²) in [4.78, 5) is 0. The highest BCUT2D eigenvalue weighted by Gasteiger charge is 2.15. The zero-order valence-electron chi connectivity index (χ0n) is 13.2. The molecule has 1 N–H and O–H groups in total. The van der Waals surface area contributed by atoms with Gasteiger partial charge in [0.1, 0.15) is 5.76 Å². The van der Waals surface area contributed by atoms with Gasteiger partial charge in [0.25, 0.3) is 0 Å². The zero-order chi connectivity index (χ0) is 15.9. The molecule has 0 fully saturated rings. The Bertz CT molecular complexity index is 592. The summed E-state index contributed by atoms with van der Waals surface area (Å²) < 4.78 is 7.15. The van der Waals surface area contributed by atoms with E-state index in [9.17, 15) is 0 Å².